The Morgan fingerprint density at radius 2 is 1.69 bits per heavy atom. The maximum absolute atomic E-state index is 13.6. The zero-order valence-electron chi connectivity index (χ0n) is 18.1. The van der Waals surface area contributed by atoms with Crippen molar-refractivity contribution in [2.75, 3.05) is 25.7 Å². The summed E-state index contributed by atoms with van der Waals surface area (Å²) >= 11 is 0. The number of anilines is 1. The van der Waals surface area contributed by atoms with Gasteiger partial charge in [0.1, 0.15) is 11.8 Å². The fourth-order valence-corrected chi connectivity index (χ4v) is 5.64. The minimum Gasteiger partial charge on any atom is -0.497 e. The topological polar surface area (TPSA) is 93.2 Å². The monoisotopic (exact) mass is 458 g/mol. The molecule has 1 unspecified atom stereocenters. The third kappa shape index (κ3) is 3.98. The van der Waals surface area contributed by atoms with E-state index in [4.69, 9.17) is 9.47 Å². The maximum Gasteiger partial charge on any atom is 0.326 e. The molecule has 32 heavy (non-hydrogen) atoms. The predicted molar refractivity (Wildman–Crippen MR) is 118 cm³/mol. The summed E-state index contributed by atoms with van der Waals surface area (Å²) in [5.41, 5.74) is 1.29. The van der Waals surface area contributed by atoms with Crippen molar-refractivity contribution in [3.8, 4) is 5.75 Å². The second kappa shape index (κ2) is 8.91. The number of amides is 1. The Morgan fingerprint density at radius 1 is 1.00 bits per heavy atom. The summed E-state index contributed by atoms with van der Waals surface area (Å²) in [5.74, 6) is -0.374. The highest BCUT2D eigenvalue weighted by Crippen LogP contribution is 2.35. The molecular formula is C23H26N2O6S. The number of carbonyl (C=O) groups excluding carboxylic acids is 2. The van der Waals surface area contributed by atoms with E-state index in [0.717, 1.165) is 23.6 Å². The molecule has 0 aromatic heterocycles. The van der Waals surface area contributed by atoms with Crippen molar-refractivity contribution < 1.29 is 27.5 Å². The molecule has 1 saturated carbocycles. The first-order valence-electron chi connectivity index (χ1n) is 10.5. The number of rotatable bonds is 5. The molecule has 1 heterocycles. The number of carbonyl (C=O) groups is 2. The first-order chi connectivity index (χ1) is 15.4. The Bertz CT molecular complexity index is 1110. The minimum atomic E-state index is -4.08. The van der Waals surface area contributed by atoms with E-state index in [1.54, 1.807) is 41.3 Å². The van der Waals surface area contributed by atoms with Crippen LogP contribution < -0.4 is 9.64 Å². The van der Waals surface area contributed by atoms with Gasteiger partial charge in [-0.3, -0.25) is 9.59 Å². The molecule has 1 fully saturated rings. The van der Waals surface area contributed by atoms with E-state index in [2.05, 4.69) is 0 Å². The van der Waals surface area contributed by atoms with Gasteiger partial charge in [0.05, 0.1) is 25.7 Å². The third-order valence-electron chi connectivity index (χ3n) is 6.17. The summed E-state index contributed by atoms with van der Waals surface area (Å²) in [4.78, 5) is 27.6. The van der Waals surface area contributed by atoms with Gasteiger partial charge in [-0.05, 0) is 48.7 Å². The van der Waals surface area contributed by atoms with Gasteiger partial charge in [0.2, 0.25) is 15.9 Å². The quantitative estimate of drug-likeness (QED) is 0.640. The summed E-state index contributed by atoms with van der Waals surface area (Å²) < 4.78 is 38.5. The number of benzene rings is 2. The highest BCUT2D eigenvalue weighted by atomic mass is 32.2. The highest BCUT2D eigenvalue weighted by Gasteiger charge is 2.43. The molecule has 1 amide bonds. The van der Waals surface area contributed by atoms with E-state index < -0.39 is 22.0 Å². The van der Waals surface area contributed by atoms with Crippen molar-refractivity contribution in [3.05, 3.63) is 54.1 Å². The number of sulfonamides is 1. The molecule has 0 spiro atoms. The molecule has 0 N–H and O–H groups in total. The standard InChI is InChI=1S/C23H26N2O6S/c1-30-18-10-12-19(13-11-18)32(28,29)25-14-17-6-3-4-9-20(17)24(15-21(25)23(27)31-2)22(26)16-7-5-8-16/h3-4,6,9-13,16,21H,5,7-8,14-15H2,1-2H3. The first kappa shape index (κ1) is 22.3. The second-order valence-electron chi connectivity index (χ2n) is 7.97. The molecule has 9 heteroatoms. The smallest absolute Gasteiger partial charge is 0.326 e. The van der Waals surface area contributed by atoms with E-state index in [1.165, 1.54) is 26.4 Å². The minimum absolute atomic E-state index is 0.0310. The Labute approximate surface area is 187 Å². The van der Waals surface area contributed by atoms with Crippen LogP contribution in [0.4, 0.5) is 5.69 Å². The Morgan fingerprint density at radius 3 is 2.28 bits per heavy atom. The number of para-hydroxylation sites is 1. The highest BCUT2D eigenvalue weighted by molar-refractivity contribution is 7.89. The number of methoxy groups -OCH3 is 2. The van der Waals surface area contributed by atoms with Crippen LogP contribution in [0.15, 0.2) is 53.4 Å². The van der Waals surface area contributed by atoms with Gasteiger partial charge in [-0.25, -0.2) is 8.42 Å². The average Bonchev–Trinajstić information content (AvgIpc) is 2.95. The van der Waals surface area contributed by atoms with Gasteiger partial charge in [-0.15, -0.1) is 0 Å². The number of fused-ring (bicyclic) bond motifs is 1. The lowest BCUT2D eigenvalue weighted by Gasteiger charge is -2.33. The number of esters is 1. The lowest BCUT2D eigenvalue weighted by atomic mass is 9.84. The van der Waals surface area contributed by atoms with Crippen molar-refractivity contribution in [2.24, 2.45) is 5.92 Å². The fraction of sp³-hybridized carbons (Fsp3) is 0.391. The second-order valence-corrected chi connectivity index (χ2v) is 9.86. The molecule has 0 radical (unpaired) electrons. The van der Waals surface area contributed by atoms with Crippen molar-refractivity contribution >= 4 is 27.6 Å². The van der Waals surface area contributed by atoms with Gasteiger partial charge < -0.3 is 14.4 Å². The number of hydrogen-bond acceptors (Lipinski definition) is 6. The fourth-order valence-electron chi connectivity index (χ4n) is 4.10. The van der Waals surface area contributed by atoms with E-state index in [1.807, 2.05) is 0 Å². The molecule has 170 valence electrons. The van der Waals surface area contributed by atoms with Crippen molar-refractivity contribution in [3.63, 3.8) is 0 Å². The maximum atomic E-state index is 13.6. The van der Waals surface area contributed by atoms with Crippen LogP contribution in [-0.4, -0.2) is 51.4 Å². The molecule has 2 aromatic carbocycles. The Kier molecular flexibility index (Phi) is 6.21. The van der Waals surface area contributed by atoms with Gasteiger partial charge in [-0.1, -0.05) is 24.6 Å². The van der Waals surface area contributed by atoms with Gasteiger partial charge in [0.25, 0.3) is 0 Å². The molecule has 1 aliphatic heterocycles. The Balaban J connectivity index is 1.79. The first-order valence-corrected chi connectivity index (χ1v) is 11.9. The van der Waals surface area contributed by atoms with Gasteiger partial charge in [0.15, 0.2) is 0 Å². The molecule has 0 bridgehead atoms. The van der Waals surface area contributed by atoms with Crippen LogP contribution in [0.2, 0.25) is 0 Å². The summed E-state index contributed by atoms with van der Waals surface area (Å²) in [5, 5.41) is 0. The number of hydrogen-bond donors (Lipinski definition) is 0. The zero-order chi connectivity index (χ0) is 22.9. The van der Waals surface area contributed by atoms with Gasteiger partial charge >= 0.3 is 5.97 Å². The van der Waals surface area contributed by atoms with Crippen LogP contribution in [0.5, 0.6) is 5.75 Å². The molecule has 1 atom stereocenters. The van der Waals surface area contributed by atoms with E-state index in [-0.39, 0.29) is 29.8 Å². The van der Waals surface area contributed by atoms with Crippen LogP contribution in [-0.2, 0) is 30.9 Å². The van der Waals surface area contributed by atoms with Crippen LogP contribution in [0.25, 0.3) is 0 Å². The molecule has 4 rings (SSSR count). The molecule has 8 nitrogen and oxygen atoms in total. The normalized spacial score (nSPS) is 19.4. The number of nitrogens with zero attached hydrogens (tertiary/aromatic N) is 2. The van der Waals surface area contributed by atoms with Crippen molar-refractivity contribution in [2.45, 2.75) is 36.7 Å². The lowest BCUT2D eigenvalue weighted by molar-refractivity contribution is -0.145. The summed E-state index contributed by atoms with van der Waals surface area (Å²) in [6.45, 7) is -0.160. The summed E-state index contributed by atoms with van der Waals surface area (Å²) in [6.07, 6.45) is 2.59. The lowest BCUT2D eigenvalue weighted by Crippen LogP contribution is -2.51. The summed E-state index contributed by atoms with van der Waals surface area (Å²) in [6, 6.07) is 12.0. The molecule has 1 aliphatic carbocycles. The van der Waals surface area contributed by atoms with Gasteiger partial charge in [0, 0.05) is 18.2 Å². The molecule has 2 aromatic rings. The predicted octanol–water partition coefficient (Wildman–Crippen LogP) is 2.57. The van der Waals surface area contributed by atoms with Crippen LogP contribution in [0, 0.1) is 5.92 Å². The van der Waals surface area contributed by atoms with Crippen LogP contribution in [0.1, 0.15) is 24.8 Å². The number of ether oxygens (including phenoxy) is 2. The SMILES string of the molecule is COC(=O)C1CN(C(=O)C2CCC2)c2ccccc2CN1S(=O)(=O)c1ccc(OC)cc1. The van der Waals surface area contributed by atoms with E-state index >= 15 is 0 Å². The van der Waals surface area contributed by atoms with E-state index in [0.29, 0.717) is 17.0 Å². The molecular weight excluding hydrogens is 432 g/mol. The zero-order valence-corrected chi connectivity index (χ0v) is 18.9. The van der Waals surface area contributed by atoms with Crippen LogP contribution >= 0.6 is 0 Å². The van der Waals surface area contributed by atoms with Gasteiger partial charge in [-0.2, -0.15) is 4.31 Å². The summed E-state index contributed by atoms with van der Waals surface area (Å²) in [7, 11) is -1.36. The Hall–Kier alpha value is -2.91. The van der Waals surface area contributed by atoms with Crippen LogP contribution in [0.3, 0.4) is 0 Å². The molecule has 2 aliphatic rings. The van der Waals surface area contributed by atoms with E-state index in [9.17, 15) is 18.0 Å². The average molecular weight is 459 g/mol. The molecule has 0 saturated heterocycles. The largest absolute Gasteiger partial charge is 0.497 e. The van der Waals surface area contributed by atoms with Crippen molar-refractivity contribution in [1.82, 2.24) is 4.31 Å². The third-order valence-corrected chi connectivity index (χ3v) is 8.04. The van der Waals surface area contributed by atoms with Crippen molar-refractivity contribution in [1.29, 1.82) is 0 Å².